The van der Waals surface area contributed by atoms with Crippen molar-refractivity contribution >= 4 is 5.96 Å². The maximum Gasteiger partial charge on any atom is 0.193 e. The van der Waals surface area contributed by atoms with Gasteiger partial charge in [-0.3, -0.25) is 9.89 Å². The minimum Gasteiger partial charge on any atom is -0.377 e. The molecule has 0 aliphatic carbocycles. The Morgan fingerprint density at radius 1 is 1.26 bits per heavy atom. The quantitative estimate of drug-likeness (QED) is 0.861. The van der Waals surface area contributed by atoms with Gasteiger partial charge in [-0.15, -0.1) is 0 Å². The van der Waals surface area contributed by atoms with Gasteiger partial charge in [-0.2, -0.15) is 0 Å². The van der Waals surface area contributed by atoms with Gasteiger partial charge in [0, 0.05) is 52.3 Å². The van der Waals surface area contributed by atoms with Crippen molar-refractivity contribution < 1.29 is 4.74 Å². The van der Waals surface area contributed by atoms with Crippen LogP contribution in [0.3, 0.4) is 0 Å². The average Bonchev–Trinajstić information content (AvgIpc) is 3.13. The minimum absolute atomic E-state index is 0.309. The maximum atomic E-state index is 5.99. The summed E-state index contributed by atoms with van der Waals surface area (Å²) >= 11 is 0. The molecule has 0 saturated carbocycles. The first kappa shape index (κ1) is 16.3. The molecule has 0 bridgehead atoms. The van der Waals surface area contributed by atoms with Crippen LogP contribution < -0.4 is 5.32 Å². The third-order valence-corrected chi connectivity index (χ3v) is 4.67. The second-order valence-electron chi connectivity index (χ2n) is 6.44. The molecule has 1 N–H and O–H groups in total. The van der Waals surface area contributed by atoms with Crippen LogP contribution in [0.1, 0.15) is 12.5 Å². The SMILES string of the molecule is CCO[C@@H]1CN(Cc2ccccc2)C[C@H]1CNC1=NCCN1C. The summed E-state index contributed by atoms with van der Waals surface area (Å²) in [6.07, 6.45) is 0.309. The molecule has 0 amide bonds. The Morgan fingerprint density at radius 2 is 2.09 bits per heavy atom. The summed E-state index contributed by atoms with van der Waals surface area (Å²) in [5.41, 5.74) is 1.37. The molecule has 2 aliphatic heterocycles. The highest BCUT2D eigenvalue weighted by molar-refractivity contribution is 5.81. The van der Waals surface area contributed by atoms with Crippen molar-refractivity contribution in [3.05, 3.63) is 35.9 Å². The van der Waals surface area contributed by atoms with Gasteiger partial charge in [-0.1, -0.05) is 30.3 Å². The molecule has 2 heterocycles. The highest BCUT2D eigenvalue weighted by atomic mass is 16.5. The van der Waals surface area contributed by atoms with Gasteiger partial charge in [-0.05, 0) is 12.5 Å². The van der Waals surface area contributed by atoms with Crippen molar-refractivity contribution in [2.45, 2.75) is 19.6 Å². The fourth-order valence-electron chi connectivity index (χ4n) is 3.44. The molecule has 2 aliphatic rings. The Kier molecular flexibility index (Phi) is 5.51. The van der Waals surface area contributed by atoms with Crippen molar-refractivity contribution in [1.82, 2.24) is 15.1 Å². The van der Waals surface area contributed by atoms with E-state index in [0.717, 1.165) is 51.8 Å². The normalized spacial score (nSPS) is 25.0. The summed E-state index contributed by atoms with van der Waals surface area (Å²) in [7, 11) is 2.09. The first-order valence-corrected chi connectivity index (χ1v) is 8.63. The lowest BCUT2D eigenvalue weighted by Gasteiger charge is -2.21. The minimum atomic E-state index is 0.309. The molecule has 23 heavy (non-hydrogen) atoms. The third-order valence-electron chi connectivity index (χ3n) is 4.67. The van der Waals surface area contributed by atoms with E-state index in [-0.39, 0.29) is 0 Å². The van der Waals surface area contributed by atoms with Crippen molar-refractivity contribution in [1.29, 1.82) is 0 Å². The van der Waals surface area contributed by atoms with E-state index in [4.69, 9.17) is 4.74 Å². The molecule has 5 nitrogen and oxygen atoms in total. The Morgan fingerprint density at radius 3 is 2.78 bits per heavy atom. The number of hydrogen-bond acceptors (Lipinski definition) is 5. The Balaban J connectivity index is 1.55. The number of nitrogens with one attached hydrogen (secondary N) is 1. The van der Waals surface area contributed by atoms with E-state index in [1.165, 1.54) is 5.56 Å². The summed E-state index contributed by atoms with van der Waals surface area (Å²) in [4.78, 5) is 9.20. The van der Waals surface area contributed by atoms with Crippen molar-refractivity contribution in [3.63, 3.8) is 0 Å². The summed E-state index contributed by atoms with van der Waals surface area (Å²) in [5, 5.41) is 3.52. The number of guanidine groups is 1. The van der Waals surface area contributed by atoms with Crippen LogP contribution in [-0.4, -0.2) is 68.2 Å². The molecule has 5 heteroatoms. The number of benzene rings is 1. The van der Waals surface area contributed by atoms with Crippen molar-refractivity contribution in [2.75, 3.05) is 46.4 Å². The first-order chi connectivity index (χ1) is 11.3. The Bertz CT molecular complexity index is 519. The monoisotopic (exact) mass is 316 g/mol. The van der Waals surface area contributed by atoms with E-state index in [9.17, 15) is 0 Å². The lowest BCUT2D eigenvalue weighted by atomic mass is 10.1. The van der Waals surface area contributed by atoms with Gasteiger partial charge >= 0.3 is 0 Å². The molecule has 0 unspecified atom stereocenters. The molecule has 126 valence electrons. The molecule has 1 saturated heterocycles. The topological polar surface area (TPSA) is 40.1 Å². The summed E-state index contributed by atoms with van der Waals surface area (Å²) in [6, 6.07) is 10.7. The molecule has 1 fully saturated rings. The number of likely N-dealkylation sites (tertiary alicyclic amines) is 1. The van der Waals surface area contributed by atoms with Gasteiger partial charge in [0.1, 0.15) is 0 Å². The standard InChI is InChI=1S/C18H28N4O/c1-3-23-17-14-22(12-15-7-5-4-6-8-15)13-16(17)11-20-18-19-9-10-21(18)2/h4-8,16-17H,3,9-14H2,1-2H3,(H,19,20)/t16-,17-/m1/s1. The van der Waals surface area contributed by atoms with Gasteiger partial charge in [0.05, 0.1) is 12.6 Å². The first-order valence-electron chi connectivity index (χ1n) is 8.63. The molecule has 1 aromatic carbocycles. The van der Waals surface area contributed by atoms with Gasteiger partial charge in [0.2, 0.25) is 0 Å². The van der Waals surface area contributed by atoms with Crippen LogP contribution in [0.4, 0.5) is 0 Å². The van der Waals surface area contributed by atoms with E-state index in [1.54, 1.807) is 0 Å². The summed E-state index contributed by atoms with van der Waals surface area (Å²) in [5.74, 6) is 1.54. The molecular formula is C18H28N4O. The third kappa shape index (κ3) is 4.24. The second kappa shape index (κ2) is 7.79. The van der Waals surface area contributed by atoms with Crippen LogP contribution in [0.5, 0.6) is 0 Å². The van der Waals surface area contributed by atoms with Gasteiger partial charge in [0.25, 0.3) is 0 Å². The van der Waals surface area contributed by atoms with Gasteiger partial charge < -0.3 is 15.0 Å². The predicted molar refractivity (Wildman–Crippen MR) is 93.6 cm³/mol. The molecule has 2 atom stereocenters. The van der Waals surface area contributed by atoms with E-state index >= 15 is 0 Å². The van der Waals surface area contributed by atoms with Crippen LogP contribution in [0.15, 0.2) is 35.3 Å². The second-order valence-corrected chi connectivity index (χ2v) is 6.44. The van der Waals surface area contributed by atoms with E-state index in [2.05, 4.69) is 64.4 Å². The predicted octanol–water partition coefficient (Wildman–Crippen LogP) is 1.41. The largest absolute Gasteiger partial charge is 0.377 e. The molecule has 1 aromatic rings. The number of ether oxygens (including phenoxy) is 1. The fraction of sp³-hybridized carbons (Fsp3) is 0.611. The van der Waals surface area contributed by atoms with E-state index < -0.39 is 0 Å². The highest BCUT2D eigenvalue weighted by Crippen LogP contribution is 2.21. The zero-order valence-electron chi connectivity index (χ0n) is 14.2. The molecule has 3 rings (SSSR count). The Labute approximate surface area is 139 Å². The average molecular weight is 316 g/mol. The van der Waals surface area contributed by atoms with Crippen molar-refractivity contribution in [2.24, 2.45) is 10.9 Å². The van der Waals surface area contributed by atoms with Gasteiger partial charge in [-0.25, -0.2) is 0 Å². The van der Waals surface area contributed by atoms with E-state index in [0.29, 0.717) is 12.0 Å². The molecule has 0 spiro atoms. The lowest BCUT2D eigenvalue weighted by Crippen LogP contribution is -2.41. The van der Waals surface area contributed by atoms with Crippen LogP contribution in [0.2, 0.25) is 0 Å². The van der Waals surface area contributed by atoms with Crippen LogP contribution in [0.25, 0.3) is 0 Å². The summed E-state index contributed by atoms with van der Waals surface area (Å²) in [6.45, 7) is 8.79. The van der Waals surface area contributed by atoms with Crippen molar-refractivity contribution in [3.8, 4) is 0 Å². The molecular weight excluding hydrogens is 288 g/mol. The Hall–Kier alpha value is -1.59. The lowest BCUT2D eigenvalue weighted by molar-refractivity contribution is 0.0435. The molecule has 0 aromatic heterocycles. The molecule has 0 radical (unpaired) electrons. The summed E-state index contributed by atoms with van der Waals surface area (Å²) < 4.78 is 5.99. The number of nitrogens with zero attached hydrogens (tertiary/aromatic N) is 3. The fourth-order valence-corrected chi connectivity index (χ4v) is 3.44. The number of hydrogen-bond donors (Lipinski definition) is 1. The zero-order chi connectivity index (χ0) is 16.1. The van der Waals surface area contributed by atoms with Crippen LogP contribution in [-0.2, 0) is 11.3 Å². The smallest absolute Gasteiger partial charge is 0.193 e. The number of likely N-dealkylation sites (N-methyl/N-ethyl adjacent to an activating group) is 1. The maximum absolute atomic E-state index is 5.99. The highest BCUT2D eigenvalue weighted by Gasteiger charge is 2.33. The van der Waals surface area contributed by atoms with Gasteiger partial charge in [0.15, 0.2) is 5.96 Å². The number of rotatable bonds is 6. The van der Waals surface area contributed by atoms with Crippen LogP contribution in [0, 0.1) is 5.92 Å². The van der Waals surface area contributed by atoms with E-state index in [1.807, 2.05) is 0 Å². The zero-order valence-corrected chi connectivity index (χ0v) is 14.2. The van der Waals surface area contributed by atoms with Crippen LogP contribution >= 0.6 is 0 Å². The number of aliphatic imine (C=N–C) groups is 1.